The van der Waals surface area contributed by atoms with Crippen LogP contribution in [0.1, 0.15) is 37.6 Å². The first-order chi connectivity index (χ1) is 6.79. The lowest BCUT2D eigenvalue weighted by Gasteiger charge is -2.25. The van der Waals surface area contributed by atoms with Crippen LogP contribution >= 0.6 is 0 Å². The Balaban J connectivity index is 2.06. The fourth-order valence-corrected chi connectivity index (χ4v) is 1.77. The van der Waals surface area contributed by atoms with Crippen molar-refractivity contribution in [1.29, 1.82) is 0 Å². The lowest BCUT2D eigenvalue weighted by atomic mass is 9.94. The van der Waals surface area contributed by atoms with Crippen LogP contribution < -0.4 is 5.32 Å². The van der Waals surface area contributed by atoms with Gasteiger partial charge in [0, 0.05) is 0 Å². The van der Waals surface area contributed by atoms with Crippen molar-refractivity contribution in [3.05, 3.63) is 11.8 Å². The maximum atomic E-state index is 8.78. The molecule has 2 N–H and O–H groups in total. The van der Waals surface area contributed by atoms with Crippen LogP contribution in [0.3, 0.4) is 0 Å². The molecule has 0 aromatic carbocycles. The molecule has 2 unspecified atom stereocenters. The minimum atomic E-state index is -0.185. The number of hydrogen-bond acceptors (Lipinski definition) is 5. The highest BCUT2D eigenvalue weighted by atomic mass is 16.4. The highest BCUT2D eigenvalue weighted by molar-refractivity contribution is 4.92. The van der Waals surface area contributed by atoms with Gasteiger partial charge in [-0.15, -0.1) is 10.2 Å². The molecule has 0 bridgehead atoms. The Morgan fingerprint density at radius 2 is 2.43 bits per heavy atom. The Morgan fingerprint density at radius 3 is 3.07 bits per heavy atom. The van der Waals surface area contributed by atoms with Crippen LogP contribution in [0.5, 0.6) is 0 Å². The van der Waals surface area contributed by atoms with Crippen LogP contribution in [0.15, 0.2) is 4.42 Å². The van der Waals surface area contributed by atoms with E-state index < -0.39 is 0 Å². The molecule has 2 heterocycles. The molecule has 0 radical (unpaired) electrons. The maximum absolute atomic E-state index is 8.78. The first-order valence-electron chi connectivity index (χ1n) is 4.96. The van der Waals surface area contributed by atoms with Crippen molar-refractivity contribution >= 4 is 0 Å². The molecule has 1 aromatic heterocycles. The van der Waals surface area contributed by atoms with E-state index in [4.69, 9.17) is 9.52 Å². The summed E-state index contributed by atoms with van der Waals surface area (Å²) in [5.41, 5.74) is 0. The second-order valence-electron chi connectivity index (χ2n) is 3.83. The number of rotatable bonds is 2. The van der Waals surface area contributed by atoms with Crippen LogP contribution in [0.4, 0.5) is 0 Å². The van der Waals surface area contributed by atoms with E-state index >= 15 is 0 Å². The number of hydrogen-bond donors (Lipinski definition) is 2. The van der Waals surface area contributed by atoms with Gasteiger partial charge < -0.3 is 14.8 Å². The number of nitrogens with zero attached hydrogens (tertiary/aromatic N) is 2. The summed E-state index contributed by atoms with van der Waals surface area (Å²) in [5, 5.41) is 19.7. The standard InChI is InChI=1S/C9H15N3O2/c1-6-2-3-10-7(4-6)9-12-11-8(5-13)14-9/h6-7,10,13H,2-5H2,1H3. The molecule has 78 valence electrons. The normalized spacial score (nSPS) is 27.9. The summed E-state index contributed by atoms with van der Waals surface area (Å²) in [6.45, 7) is 3.02. The van der Waals surface area contributed by atoms with Gasteiger partial charge in [-0.2, -0.15) is 0 Å². The smallest absolute Gasteiger partial charge is 0.241 e. The van der Waals surface area contributed by atoms with Gasteiger partial charge in [0.2, 0.25) is 11.8 Å². The highest BCUT2D eigenvalue weighted by Gasteiger charge is 2.24. The number of aromatic nitrogens is 2. The van der Waals surface area contributed by atoms with Crippen molar-refractivity contribution in [3.8, 4) is 0 Å². The molecule has 5 heteroatoms. The molecule has 0 aliphatic carbocycles. The fraction of sp³-hybridized carbons (Fsp3) is 0.778. The Hall–Kier alpha value is -0.940. The summed E-state index contributed by atoms with van der Waals surface area (Å²) in [5.74, 6) is 1.58. The molecule has 1 aliphatic rings. The van der Waals surface area contributed by atoms with Gasteiger partial charge in [0.25, 0.3) is 0 Å². The zero-order chi connectivity index (χ0) is 9.97. The molecule has 0 amide bonds. The van der Waals surface area contributed by atoms with E-state index in [1.165, 1.54) is 6.42 Å². The van der Waals surface area contributed by atoms with Crippen LogP contribution in [0.25, 0.3) is 0 Å². The molecular weight excluding hydrogens is 182 g/mol. The summed E-state index contributed by atoms with van der Waals surface area (Å²) < 4.78 is 5.29. The van der Waals surface area contributed by atoms with Crippen molar-refractivity contribution in [3.63, 3.8) is 0 Å². The summed E-state index contributed by atoms with van der Waals surface area (Å²) in [6, 6.07) is 0.159. The zero-order valence-electron chi connectivity index (χ0n) is 8.23. The third-order valence-electron chi connectivity index (χ3n) is 2.58. The summed E-state index contributed by atoms with van der Waals surface area (Å²) >= 11 is 0. The molecule has 5 nitrogen and oxygen atoms in total. The zero-order valence-corrected chi connectivity index (χ0v) is 8.23. The van der Waals surface area contributed by atoms with Crippen LogP contribution in [0.2, 0.25) is 0 Å². The molecular formula is C9H15N3O2. The van der Waals surface area contributed by atoms with E-state index in [0.717, 1.165) is 13.0 Å². The molecule has 0 saturated carbocycles. The van der Waals surface area contributed by atoms with Gasteiger partial charge in [-0.05, 0) is 25.3 Å². The third kappa shape index (κ3) is 1.93. The topological polar surface area (TPSA) is 71.2 Å². The van der Waals surface area contributed by atoms with Crippen LogP contribution in [-0.2, 0) is 6.61 Å². The SMILES string of the molecule is CC1CCNC(c2nnc(CO)o2)C1. The molecule has 2 atom stereocenters. The van der Waals surface area contributed by atoms with E-state index in [9.17, 15) is 0 Å². The number of nitrogens with one attached hydrogen (secondary N) is 1. The van der Waals surface area contributed by atoms with E-state index in [1.807, 2.05) is 0 Å². The lowest BCUT2D eigenvalue weighted by molar-refractivity contribution is 0.224. The summed E-state index contributed by atoms with van der Waals surface area (Å²) in [4.78, 5) is 0. The Bertz CT molecular complexity index is 300. The average molecular weight is 197 g/mol. The molecule has 1 aromatic rings. The van der Waals surface area contributed by atoms with Crippen LogP contribution in [0, 0.1) is 5.92 Å². The second kappa shape index (κ2) is 4.06. The average Bonchev–Trinajstić information content (AvgIpc) is 2.66. The Labute approximate surface area is 82.5 Å². The first-order valence-corrected chi connectivity index (χ1v) is 4.96. The molecule has 0 spiro atoms. The monoisotopic (exact) mass is 197 g/mol. The third-order valence-corrected chi connectivity index (χ3v) is 2.58. The predicted octanol–water partition coefficient (Wildman–Crippen LogP) is 0.622. The largest absolute Gasteiger partial charge is 0.421 e. The quantitative estimate of drug-likeness (QED) is 0.727. The first kappa shape index (κ1) is 9.61. The summed E-state index contributed by atoms with van der Waals surface area (Å²) in [7, 11) is 0. The van der Waals surface area contributed by atoms with Gasteiger partial charge in [0.05, 0.1) is 6.04 Å². The molecule has 1 saturated heterocycles. The van der Waals surface area contributed by atoms with Crippen LogP contribution in [-0.4, -0.2) is 21.8 Å². The van der Waals surface area contributed by atoms with Gasteiger partial charge >= 0.3 is 0 Å². The minimum Gasteiger partial charge on any atom is -0.421 e. The molecule has 1 aliphatic heterocycles. The van der Waals surface area contributed by atoms with E-state index in [0.29, 0.717) is 17.7 Å². The number of aliphatic hydroxyl groups excluding tert-OH is 1. The van der Waals surface area contributed by atoms with Crippen molar-refractivity contribution < 1.29 is 9.52 Å². The minimum absolute atomic E-state index is 0.159. The maximum Gasteiger partial charge on any atom is 0.241 e. The van der Waals surface area contributed by atoms with Crippen molar-refractivity contribution in [2.75, 3.05) is 6.54 Å². The predicted molar refractivity (Wildman–Crippen MR) is 49.4 cm³/mol. The molecule has 14 heavy (non-hydrogen) atoms. The van der Waals surface area contributed by atoms with Crippen molar-refractivity contribution in [2.45, 2.75) is 32.4 Å². The van der Waals surface area contributed by atoms with Gasteiger partial charge in [0.1, 0.15) is 6.61 Å². The van der Waals surface area contributed by atoms with E-state index in [2.05, 4.69) is 22.4 Å². The van der Waals surface area contributed by atoms with Gasteiger partial charge in [-0.3, -0.25) is 0 Å². The van der Waals surface area contributed by atoms with Gasteiger partial charge in [0.15, 0.2) is 0 Å². The van der Waals surface area contributed by atoms with E-state index in [-0.39, 0.29) is 12.6 Å². The summed E-state index contributed by atoms with van der Waals surface area (Å²) in [6.07, 6.45) is 2.21. The lowest BCUT2D eigenvalue weighted by Crippen LogP contribution is -2.30. The molecule has 2 rings (SSSR count). The highest BCUT2D eigenvalue weighted by Crippen LogP contribution is 2.25. The number of aliphatic hydroxyl groups is 1. The number of piperidine rings is 1. The van der Waals surface area contributed by atoms with Gasteiger partial charge in [-0.1, -0.05) is 6.92 Å². The van der Waals surface area contributed by atoms with Crippen molar-refractivity contribution in [1.82, 2.24) is 15.5 Å². The second-order valence-corrected chi connectivity index (χ2v) is 3.83. The Morgan fingerprint density at radius 1 is 1.57 bits per heavy atom. The molecule has 1 fully saturated rings. The van der Waals surface area contributed by atoms with Crippen molar-refractivity contribution in [2.24, 2.45) is 5.92 Å². The fourth-order valence-electron chi connectivity index (χ4n) is 1.77. The Kier molecular flexibility index (Phi) is 2.79. The van der Waals surface area contributed by atoms with Gasteiger partial charge in [-0.25, -0.2) is 0 Å². The van der Waals surface area contributed by atoms with E-state index in [1.54, 1.807) is 0 Å².